The van der Waals surface area contributed by atoms with Crippen molar-refractivity contribution in [1.29, 1.82) is 0 Å². The average molecular weight is 535 g/mol. The fourth-order valence-corrected chi connectivity index (χ4v) is 5.95. The van der Waals surface area contributed by atoms with E-state index in [0.29, 0.717) is 28.3 Å². The number of benzene rings is 4. The fraction of sp³-hybridized carbons (Fsp3) is 0.0357. The van der Waals surface area contributed by atoms with Crippen molar-refractivity contribution in [1.82, 2.24) is 9.78 Å². The number of rotatable bonds is 6. The minimum absolute atomic E-state index is 0.0245. The largest absolute Gasteiger partial charge is 0.497 e. The molecule has 5 aromatic rings. The van der Waals surface area contributed by atoms with E-state index in [9.17, 15) is 8.42 Å². The van der Waals surface area contributed by atoms with Crippen molar-refractivity contribution >= 4 is 33.0 Å². The van der Waals surface area contributed by atoms with Crippen molar-refractivity contribution in [2.24, 2.45) is 0 Å². The quantitative estimate of drug-likeness (QED) is 0.228. The topological polar surface area (TPSA) is 61.2 Å². The zero-order valence-electron chi connectivity index (χ0n) is 19.1. The van der Waals surface area contributed by atoms with E-state index >= 15 is 0 Å². The van der Waals surface area contributed by atoms with E-state index in [0.717, 1.165) is 5.69 Å². The minimum Gasteiger partial charge on any atom is -0.497 e. The molecule has 4 aromatic carbocycles. The lowest BCUT2D eigenvalue weighted by Crippen LogP contribution is -2.06. The van der Waals surface area contributed by atoms with Crippen LogP contribution in [-0.4, -0.2) is 25.3 Å². The molecule has 0 radical (unpaired) electrons. The second-order valence-corrected chi connectivity index (χ2v) is 10.6. The first-order valence-corrected chi connectivity index (χ1v) is 13.2. The van der Waals surface area contributed by atoms with E-state index in [-0.39, 0.29) is 19.8 Å². The van der Waals surface area contributed by atoms with Crippen LogP contribution in [0.3, 0.4) is 0 Å². The Bertz CT molecular complexity index is 1630. The highest BCUT2D eigenvalue weighted by molar-refractivity contribution is 7.91. The van der Waals surface area contributed by atoms with Gasteiger partial charge in [0.25, 0.3) is 0 Å². The Labute approximate surface area is 219 Å². The summed E-state index contributed by atoms with van der Waals surface area (Å²) < 4.78 is 35.5. The lowest BCUT2D eigenvalue weighted by molar-refractivity contribution is 0.415. The highest BCUT2D eigenvalue weighted by atomic mass is 35.5. The Morgan fingerprint density at radius 2 is 1.39 bits per heavy atom. The average Bonchev–Trinajstić information content (AvgIpc) is 3.33. The van der Waals surface area contributed by atoms with Crippen LogP contribution in [0.4, 0.5) is 0 Å². The maximum absolute atomic E-state index is 14.3. The zero-order chi connectivity index (χ0) is 25.3. The van der Waals surface area contributed by atoms with Gasteiger partial charge in [-0.1, -0.05) is 71.7 Å². The van der Waals surface area contributed by atoms with Gasteiger partial charge in [-0.25, -0.2) is 13.1 Å². The summed E-state index contributed by atoms with van der Waals surface area (Å²) in [5.41, 5.74) is 2.81. The van der Waals surface area contributed by atoms with Crippen LogP contribution in [0.1, 0.15) is 0 Å². The van der Waals surface area contributed by atoms with E-state index in [1.54, 1.807) is 36.1 Å². The van der Waals surface area contributed by atoms with Gasteiger partial charge >= 0.3 is 0 Å². The Balaban J connectivity index is 1.89. The molecule has 5 nitrogen and oxygen atoms in total. The van der Waals surface area contributed by atoms with Gasteiger partial charge in [-0.2, -0.15) is 5.10 Å². The van der Waals surface area contributed by atoms with Crippen LogP contribution in [0.15, 0.2) is 113 Å². The molecule has 1 heterocycles. The van der Waals surface area contributed by atoms with Crippen LogP contribution in [0.25, 0.3) is 28.2 Å². The molecular formula is C28H20Cl2N2O3S. The summed E-state index contributed by atoms with van der Waals surface area (Å²) in [6.45, 7) is 0. The Morgan fingerprint density at radius 1 is 0.750 bits per heavy atom. The molecule has 0 spiro atoms. The highest BCUT2D eigenvalue weighted by Gasteiger charge is 2.32. The molecule has 0 N–H and O–H groups in total. The molecule has 0 unspecified atom stereocenters. The summed E-state index contributed by atoms with van der Waals surface area (Å²) in [5, 5.41) is 5.28. The zero-order valence-corrected chi connectivity index (χ0v) is 21.4. The third-order valence-electron chi connectivity index (χ3n) is 5.72. The van der Waals surface area contributed by atoms with Crippen LogP contribution in [0.2, 0.25) is 10.0 Å². The smallest absolute Gasteiger partial charge is 0.211 e. The van der Waals surface area contributed by atoms with Gasteiger partial charge in [-0.3, -0.25) is 0 Å². The standard InChI is InChI=1S/C28H20Cl2N2O3S/c1-35-22-14-12-19(13-15-22)26-28(36(33,34)23-16-17-24(29)25(30)18-23)27(20-8-4-2-5-9-20)32(31-26)21-10-6-3-7-11-21/h2-18H,1H3. The molecule has 1 aromatic heterocycles. The fourth-order valence-electron chi connectivity index (χ4n) is 3.96. The SMILES string of the molecule is COc1ccc(-c2nn(-c3ccccc3)c(-c3ccccc3)c2S(=O)(=O)c2ccc(Cl)c(Cl)c2)cc1. The molecule has 8 heteroatoms. The predicted molar refractivity (Wildman–Crippen MR) is 143 cm³/mol. The van der Waals surface area contributed by atoms with Gasteiger partial charge in [0.2, 0.25) is 9.84 Å². The molecule has 36 heavy (non-hydrogen) atoms. The van der Waals surface area contributed by atoms with Crippen molar-refractivity contribution in [2.75, 3.05) is 7.11 Å². The molecule has 0 saturated heterocycles. The molecular weight excluding hydrogens is 515 g/mol. The maximum atomic E-state index is 14.3. The molecule has 180 valence electrons. The van der Waals surface area contributed by atoms with Crippen LogP contribution in [0.5, 0.6) is 5.75 Å². The molecule has 0 amide bonds. The van der Waals surface area contributed by atoms with Crippen LogP contribution >= 0.6 is 23.2 Å². The highest BCUT2D eigenvalue weighted by Crippen LogP contribution is 2.41. The van der Waals surface area contributed by atoms with Crippen molar-refractivity contribution in [3.63, 3.8) is 0 Å². The predicted octanol–water partition coefficient (Wildman–Crippen LogP) is 7.35. The monoisotopic (exact) mass is 534 g/mol. The summed E-state index contributed by atoms with van der Waals surface area (Å²) in [6.07, 6.45) is 0. The van der Waals surface area contributed by atoms with Gasteiger partial charge in [-0.05, 0) is 54.6 Å². The first-order valence-electron chi connectivity index (χ1n) is 11.0. The number of aromatic nitrogens is 2. The van der Waals surface area contributed by atoms with E-state index < -0.39 is 9.84 Å². The molecule has 0 atom stereocenters. The third kappa shape index (κ3) is 4.39. The lowest BCUT2D eigenvalue weighted by atomic mass is 10.1. The molecule has 0 saturated carbocycles. The molecule has 0 aliphatic carbocycles. The second-order valence-electron chi connectivity index (χ2n) is 7.95. The Hall–Kier alpha value is -3.58. The van der Waals surface area contributed by atoms with Gasteiger partial charge in [-0.15, -0.1) is 0 Å². The second kappa shape index (κ2) is 9.82. The molecule has 5 rings (SSSR count). The molecule has 0 fully saturated rings. The first kappa shape index (κ1) is 24.1. The molecule has 0 aliphatic rings. The van der Waals surface area contributed by atoms with Gasteiger partial charge in [0.1, 0.15) is 16.3 Å². The number of ether oxygens (including phenoxy) is 1. The van der Waals surface area contributed by atoms with Gasteiger partial charge < -0.3 is 4.74 Å². The molecule has 0 aliphatic heterocycles. The van der Waals surface area contributed by atoms with E-state index in [1.807, 2.05) is 60.7 Å². The first-order chi connectivity index (χ1) is 17.4. The number of hydrogen-bond donors (Lipinski definition) is 0. The van der Waals surface area contributed by atoms with Crippen molar-refractivity contribution < 1.29 is 13.2 Å². The van der Waals surface area contributed by atoms with E-state index in [2.05, 4.69) is 0 Å². The number of hydrogen-bond acceptors (Lipinski definition) is 4. The van der Waals surface area contributed by atoms with Crippen LogP contribution in [0, 0.1) is 0 Å². The normalized spacial score (nSPS) is 11.4. The summed E-state index contributed by atoms with van der Waals surface area (Å²) in [7, 11) is -2.52. The van der Waals surface area contributed by atoms with E-state index in [1.165, 1.54) is 18.2 Å². The van der Waals surface area contributed by atoms with E-state index in [4.69, 9.17) is 33.0 Å². The van der Waals surface area contributed by atoms with Crippen LogP contribution in [-0.2, 0) is 9.84 Å². The Kier molecular flexibility index (Phi) is 6.58. The van der Waals surface area contributed by atoms with Gasteiger partial charge in [0, 0.05) is 11.1 Å². The number of methoxy groups -OCH3 is 1. The Morgan fingerprint density at radius 3 is 2.00 bits per heavy atom. The summed E-state index contributed by atoms with van der Waals surface area (Å²) >= 11 is 12.3. The van der Waals surface area contributed by atoms with Crippen molar-refractivity contribution in [2.45, 2.75) is 9.79 Å². The van der Waals surface area contributed by atoms with Crippen molar-refractivity contribution in [3.05, 3.63) is 113 Å². The number of nitrogens with zero attached hydrogens (tertiary/aromatic N) is 2. The number of para-hydroxylation sites is 1. The summed E-state index contributed by atoms with van der Waals surface area (Å²) in [5.74, 6) is 0.651. The number of halogens is 2. The third-order valence-corrected chi connectivity index (χ3v) is 8.26. The van der Waals surface area contributed by atoms with Crippen molar-refractivity contribution in [3.8, 4) is 34.0 Å². The maximum Gasteiger partial charge on any atom is 0.211 e. The summed E-state index contributed by atoms with van der Waals surface area (Å²) in [4.78, 5) is 0.0950. The van der Waals surface area contributed by atoms with Gasteiger partial charge in [0.05, 0.1) is 33.4 Å². The molecule has 0 bridgehead atoms. The van der Waals surface area contributed by atoms with Crippen LogP contribution < -0.4 is 4.74 Å². The van der Waals surface area contributed by atoms with Gasteiger partial charge in [0.15, 0.2) is 0 Å². The minimum atomic E-state index is -4.10. The summed E-state index contributed by atoms with van der Waals surface area (Å²) in [6, 6.07) is 30.2. The lowest BCUT2D eigenvalue weighted by Gasteiger charge is -2.12. The number of sulfone groups is 1.